The fraction of sp³-hybridized carbons (Fsp3) is 0.0417. The molecule has 226 valence electrons. The Morgan fingerprint density at radius 1 is 0.250 bits per heavy atom. The molecule has 0 N–H and O–H groups in total. The summed E-state index contributed by atoms with van der Waals surface area (Å²) >= 11 is 0. The average molecular weight is 611 g/mol. The molecule has 0 nitrogen and oxygen atoms in total. The maximum atomic E-state index is 2.43. The first kappa shape index (κ1) is 28.3. The predicted molar refractivity (Wildman–Crippen MR) is 211 cm³/mol. The standard InChI is InChI=1S/C46H28.C2H6/c1-2-13-34-27-35(21-17-29(34)9-1)43-40-25-23-32-12-5-8-16-39(32)46(40)44(41-26-24-31-11-4-7-15-38(31)45(41)43)36-22-20-33-19-18-30-10-3-6-14-37(30)42(33)28-36;1-2/h1-28H;1-2H3. The lowest BCUT2D eigenvalue weighted by Gasteiger charge is -2.21. The Morgan fingerprint density at radius 3 is 1.21 bits per heavy atom. The summed E-state index contributed by atoms with van der Waals surface area (Å²) in [5.74, 6) is 0. The van der Waals surface area contributed by atoms with E-state index in [0.29, 0.717) is 0 Å². The molecule has 0 heteroatoms. The second kappa shape index (κ2) is 11.4. The summed E-state index contributed by atoms with van der Waals surface area (Å²) in [6, 6.07) is 63.0. The van der Waals surface area contributed by atoms with Gasteiger partial charge in [-0.05, 0) is 110 Å². The van der Waals surface area contributed by atoms with Crippen molar-refractivity contribution in [1.82, 2.24) is 0 Å². The Labute approximate surface area is 280 Å². The number of benzene rings is 10. The van der Waals surface area contributed by atoms with Crippen LogP contribution in [0, 0.1) is 0 Å². The van der Waals surface area contributed by atoms with Crippen molar-refractivity contribution in [3.63, 3.8) is 0 Å². The molecule has 0 aromatic heterocycles. The maximum absolute atomic E-state index is 2.43. The Kier molecular flexibility index (Phi) is 6.69. The SMILES string of the molecule is CC.c1ccc2cc(-c3c4ccc5ccccc5c4c(-c4ccc5ccc6ccccc6c5c4)c4ccc5ccccc5c34)ccc2c1. The molecule has 0 saturated heterocycles. The van der Waals surface area contributed by atoms with Gasteiger partial charge >= 0.3 is 0 Å². The van der Waals surface area contributed by atoms with E-state index in [1.165, 1.54) is 97.7 Å². The largest absolute Gasteiger partial charge is 0.0683 e. The molecular formula is C48H34. The lowest BCUT2D eigenvalue weighted by molar-refractivity contribution is 1.50. The van der Waals surface area contributed by atoms with Crippen molar-refractivity contribution in [1.29, 1.82) is 0 Å². The Bertz CT molecular complexity index is 2850. The van der Waals surface area contributed by atoms with Crippen LogP contribution in [0.4, 0.5) is 0 Å². The fourth-order valence-electron chi connectivity index (χ4n) is 7.87. The minimum absolute atomic E-state index is 1.25. The van der Waals surface area contributed by atoms with E-state index in [2.05, 4.69) is 170 Å². The molecule has 0 saturated carbocycles. The number of hydrogen-bond acceptors (Lipinski definition) is 0. The van der Waals surface area contributed by atoms with Crippen molar-refractivity contribution in [3.8, 4) is 22.3 Å². The van der Waals surface area contributed by atoms with Gasteiger partial charge in [-0.3, -0.25) is 0 Å². The molecule has 0 aliphatic carbocycles. The van der Waals surface area contributed by atoms with E-state index in [-0.39, 0.29) is 0 Å². The molecule has 10 rings (SSSR count). The maximum Gasteiger partial charge on any atom is -0.00141 e. The van der Waals surface area contributed by atoms with Crippen molar-refractivity contribution in [3.05, 3.63) is 170 Å². The highest BCUT2D eigenvalue weighted by atomic mass is 14.2. The molecule has 0 aliphatic rings. The van der Waals surface area contributed by atoms with Gasteiger partial charge in [0.2, 0.25) is 0 Å². The van der Waals surface area contributed by atoms with E-state index >= 15 is 0 Å². The summed E-state index contributed by atoms with van der Waals surface area (Å²) in [6.45, 7) is 4.00. The summed E-state index contributed by atoms with van der Waals surface area (Å²) < 4.78 is 0. The van der Waals surface area contributed by atoms with Crippen LogP contribution in [0.5, 0.6) is 0 Å². The van der Waals surface area contributed by atoms with E-state index in [4.69, 9.17) is 0 Å². The molecule has 0 heterocycles. The molecule has 0 fully saturated rings. The van der Waals surface area contributed by atoms with Crippen molar-refractivity contribution in [2.24, 2.45) is 0 Å². The minimum atomic E-state index is 1.25. The summed E-state index contributed by atoms with van der Waals surface area (Å²) in [5, 5.41) is 17.9. The molecule has 10 aromatic carbocycles. The third-order valence-corrected chi connectivity index (χ3v) is 9.97. The smallest absolute Gasteiger partial charge is 0.00141 e. The van der Waals surface area contributed by atoms with E-state index < -0.39 is 0 Å². The van der Waals surface area contributed by atoms with E-state index in [0.717, 1.165) is 0 Å². The zero-order valence-corrected chi connectivity index (χ0v) is 27.2. The molecule has 48 heavy (non-hydrogen) atoms. The molecule has 0 unspecified atom stereocenters. The van der Waals surface area contributed by atoms with E-state index in [1.807, 2.05) is 13.8 Å². The highest BCUT2D eigenvalue weighted by Crippen LogP contribution is 2.49. The van der Waals surface area contributed by atoms with Crippen molar-refractivity contribution >= 4 is 75.4 Å². The van der Waals surface area contributed by atoms with Gasteiger partial charge in [-0.25, -0.2) is 0 Å². The first-order valence-corrected chi connectivity index (χ1v) is 17.0. The summed E-state index contributed by atoms with van der Waals surface area (Å²) in [6.07, 6.45) is 0. The Morgan fingerprint density at radius 2 is 0.625 bits per heavy atom. The second-order valence-corrected chi connectivity index (χ2v) is 12.5. The lowest BCUT2D eigenvalue weighted by Crippen LogP contribution is -1.93. The van der Waals surface area contributed by atoms with Gasteiger partial charge < -0.3 is 0 Å². The topological polar surface area (TPSA) is 0 Å². The summed E-state index contributed by atoms with van der Waals surface area (Å²) in [5.41, 5.74) is 5.09. The van der Waals surface area contributed by atoms with Crippen LogP contribution in [0.25, 0.3) is 97.7 Å². The molecule has 0 aliphatic heterocycles. The fourth-order valence-corrected chi connectivity index (χ4v) is 7.87. The predicted octanol–water partition coefficient (Wildman–Crippen LogP) is 14.1. The van der Waals surface area contributed by atoms with Crippen LogP contribution in [0.2, 0.25) is 0 Å². The van der Waals surface area contributed by atoms with Crippen LogP contribution >= 0.6 is 0 Å². The lowest BCUT2D eigenvalue weighted by atomic mass is 9.82. The van der Waals surface area contributed by atoms with E-state index in [9.17, 15) is 0 Å². The van der Waals surface area contributed by atoms with Crippen molar-refractivity contribution < 1.29 is 0 Å². The Balaban J connectivity index is 0.00000154. The van der Waals surface area contributed by atoms with Gasteiger partial charge in [0.25, 0.3) is 0 Å². The molecule has 0 atom stereocenters. The average Bonchev–Trinajstić information content (AvgIpc) is 3.17. The van der Waals surface area contributed by atoms with Gasteiger partial charge in [0.05, 0.1) is 0 Å². The summed E-state index contributed by atoms with van der Waals surface area (Å²) in [7, 11) is 0. The number of rotatable bonds is 2. The number of hydrogen-bond donors (Lipinski definition) is 0. The quantitative estimate of drug-likeness (QED) is 0.135. The van der Waals surface area contributed by atoms with E-state index in [1.54, 1.807) is 0 Å². The van der Waals surface area contributed by atoms with Gasteiger partial charge in [-0.1, -0.05) is 172 Å². The van der Waals surface area contributed by atoms with Crippen LogP contribution in [0.15, 0.2) is 170 Å². The van der Waals surface area contributed by atoms with Gasteiger partial charge in [-0.15, -0.1) is 0 Å². The van der Waals surface area contributed by atoms with Crippen LogP contribution in [0.3, 0.4) is 0 Å². The van der Waals surface area contributed by atoms with Crippen LogP contribution in [-0.4, -0.2) is 0 Å². The highest BCUT2D eigenvalue weighted by molar-refractivity contribution is 6.32. The first-order valence-electron chi connectivity index (χ1n) is 17.0. The van der Waals surface area contributed by atoms with Crippen molar-refractivity contribution in [2.75, 3.05) is 0 Å². The molecule has 0 bridgehead atoms. The van der Waals surface area contributed by atoms with Crippen molar-refractivity contribution in [2.45, 2.75) is 13.8 Å². The van der Waals surface area contributed by atoms with Gasteiger partial charge in [0.1, 0.15) is 0 Å². The van der Waals surface area contributed by atoms with Crippen LogP contribution < -0.4 is 0 Å². The van der Waals surface area contributed by atoms with Gasteiger partial charge in [0.15, 0.2) is 0 Å². The first-order chi connectivity index (χ1) is 23.8. The Hall–Kier alpha value is -5.98. The zero-order valence-electron chi connectivity index (χ0n) is 27.2. The van der Waals surface area contributed by atoms with Gasteiger partial charge in [0, 0.05) is 0 Å². The summed E-state index contributed by atoms with van der Waals surface area (Å²) in [4.78, 5) is 0. The second-order valence-electron chi connectivity index (χ2n) is 12.5. The molecule has 10 aromatic rings. The highest BCUT2D eigenvalue weighted by Gasteiger charge is 2.21. The monoisotopic (exact) mass is 610 g/mol. The number of fused-ring (bicyclic) bond motifs is 10. The minimum Gasteiger partial charge on any atom is -0.0683 e. The molecule has 0 spiro atoms. The molecular weight excluding hydrogens is 577 g/mol. The third-order valence-electron chi connectivity index (χ3n) is 9.97. The zero-order chi connectivity index (χ0) is 32.2. The van der Waals surface area contributed by atoms with Gasteiger partial charge in [-0.2, -0.15) is 0 Å². The van der Waals surface area contributed by atoms with Crippen LogP contribution in [0.1, 0.15) is 13.8 Å². The normalized spacial score (nSPS) is 11.5. The van der Waals surface area contributed by atoms with Crippen LogP contribution in [-0.2, 0) is 0 Å². The molecule has 0 radical (unpaired) electrons. The molecule has 0 amide bonds. The third kappa shape index (κ3) is 4.30.